The minimum absolute atomic E-state index is 0.0443. The molecule has 1 atom stereocenters. The lowest BCUT2D eigenvalue weighted by atomic mass is 9.98. The molecule has 3 heterocycles. The normalized spacial score (nSPS) is 17.3. The molecule has 0 unspecified atom stereocenters. The van der Waals surface area contributed by atoms with E-state index in [9.17, 15) is 4.79 Å². The van der Waals surface area contributed by atoms with Crippen molar-refractivity contribution in [2.24, 2.45) is 0 Å². The lowest BCUT2D eigenvalue weighted by Crippen LogP contribution is -2.44. The first-order valence-corrected chi connectivity index (χ1v) is 8.89. The molecular weight excluding hydrogens is 318 g/mol. The number of ether oxygens (including phenoxy) is 1. The average molecular weight is 343 g/mol. The van der Waals surface area contributed by atoms with Crippen molar-refractivity contribution >= 4 is 6.03 Å². The average Bonchev–Trinajstić information content (AvgIpc) is 3.20. The number of nitrogens with zero attached hydrogens (tertiary/aromatic N) is 3. The van der Waals surface area contributed by atoms with Gasteiger partial charge in [0.25, 0.3) is 0 Å². The number of carbonyl (C=O) groups excluding carboxylic acids is 1. The first-order valence-electron chi connectivity index (χ1n) is 8.89. The fourth-order valence-electron chi connectivity index (χ4n) is 3.05. The molecule has 2 aromatic heterocycles. The molecule has 0 radical (unpaired) electrons. The molecule has 0 aliphatic carbocycles. The van der Waals surface area contributed by atoms with Crippen LogP contribution in [0.4, 0.5) is 4.79 Å². The number of aromatic nitrogens is 3. The van der Waals surface area contributed by atoms with Crippen LogP contribution in [0.15, 0.2) is 30.7 Å². The molecule has 0 saturated carbocycles. The zero-order valence-corrected chi connectivity index (χ0v) is 14.6. The Labute approximate surface area is 147 Å². The molecule has 2 amide bonds. The van der Waals surface area contributed by atoms with Gasteiger partial charge in [0.05, 0.1) is 18.8 Å². The van der Waals surface area contributed by atoms with Crippen molar-refractivity contribution in [3.8, 4) is 5.88 Å². The SMILES string of the molecule is CCCOc1ccc(CNC(=O)N2CCCC[C@@H]2c2cn[nH]c2)cn1. The molecule has 134 valence electrons. The predicted molar refractivity (Wildman–Crippen MR) is 94.1 cm³/mol. The second-order valence-corrected chi connectivity index (χ2v) is 6.25. The number of nitrogens with one attached hydrogen (secondary N) is 2. The Morgan fingerprint density at radius 3 is 3.04 bits per heavy atom. The number of hydrogen-bond donors (Lipinski definition) is 2. The largest absolute Gasteiger partial charge is 0.478 e. The van der Waals surface area contributed by atoms with Gasteiger partial charge in [-0.05, 0) is 31.2 Å². The summed E-state index contributed by atoms with van der Waals surface area (Å²) in [6, 6.07) is 3.82. The zero-order valence-electron chi connectivity index (χ0n) is 14.6. The molecule has 1 fully saturated rings. The number of hydrogen-bond acceptors (Lipinski definition) is 4. The molecule has 2 aromatic rings. The Hall–Kier alpha value is -2.57. The van der Waals surface area contributed by atoms with Gasteiger partial charge in [-0.1, -0.05) is 13.0 Å². The molecule has 1 aliphatic heterocycles. The molecule has 3 rings (SSSR count). The van der Waals surface area contributed by atoms with Gasteiger partial charge in [0.15, 0.2) is 0 Å². The highest BCUT2D eigenvalue weighted by Gasteiger charge is 2.28. The summed E-state index contributed by atoms with van der Waals surface area (Å²) in [5.74, 6) is 0.618. The summed E-state index contributed by atoms with van der Waals surface area (Å²) in [6.07, 6.45) is 9.50. The van der Waals surface area contributed by atoms with Crippen LogP contribution in [-0.2, 0) is 6.54 Å². The summed E-state index contributed by atoms with van der Waals surface area (Å²) in [4.78, 5) is 18.8. The molecule has 1 aliphatic rings. The van der Waals surface area contributed by atoms with Gasteiger partial charge in [-0.25, -0.2) is 9.78 Å². The van der Waals surface area contributed by atoms with Gasteiger partial charge in [-0.15, -0.1) is 0 Å². The summed E-state index contributed by atoms with van der Waals surface area (Å²) in [5.41, 5.74) is 2.02. The maximum absolute atomic E-state index is 12.6. The van der Waals surface area contributed by atoms with Crippen molar-refractivity contribution < 1.29 is 9.53 Å². The Morgan fingerprint density at radius 1 is 1.40 bits per heavy atom. The summed E-state index contributed by atoms with van der Waals surface area (Å²) in [5, 5.41) is 9.85. The third-order valence-corrected chi connectivity index (χ3v) is 4.36. The third kappa shape index (κ3) is 4.49. The van der Waals surface area contributed by atoms with Gasteiger partial charge >= 0.3 is 6.03 Å². The zero-order chi connectivity index (χ0) is 17.5. The standard InChI is InChI=1S/C18H25N5O2/c1-2-9-25-17-7-6-14(10-19-17)11-20-18(24)23-8-4-3-5-16(23)15-12-21-22-13-15/h6-7,10,12-13,16H,2-5,8-9,11H2,1H3,(H,20,24)(H,21,22)/t16-/m1/s1. The van der Waals surface area contributed by atoms with Gasteiger partial charge in [0, 0.05) is 37.1 Å². The lowest BCUT2D eigenvalue weighted by Gasteiger charge is -2.35. The first-order chi connectivity index (χ1) is 12.3. The van der Waals surface area contributed by atoms with Crippen LogP contribution >= 0.6 is 0 Å². The maximum Gasteiger partial charge on any atom is 0.318 e. The van der Waals surface area contributed by atoms with Crippen molar-refractivity contribution in [2.45, 2.75) is 45.2 Å². The van der Waals surface area contributed by atoms with Gasteiger partial charge < -0.3 is 15.0 Å². The smallest absolute Gasteiger partial charge is 0.318 e. The number of likely N-dealkylation sites (tertiary alicyclic amines) is 1. The molecule has 2 N–H and O–H groups in total. The van der Waals surface area contributed by atoms with Crippen molar-refractivity contribution in [2.75, 3.05) is 13.2 Å². The Balaban J connectivity index is 1.56. The number of rotatable bonds is 6. The maximum atomic E-state index is 12.6. The second-order valence-electron chi connectivity index (χ2n) is 6.25. The molecular formula is C18H25N5O2. The van der Waals surface area contributed by atoms with Crippen molar-refractivity contribution in [3.63, 3.8) is 0 Å². The van der Waals surface area contributed by atoms with E-state index in [1.165, 1.54) is 0 Å². The summed E-state index contributed by atoms with van der Waals surface area (Å²) in [6.45, 7) is 3.94. The van der Waals surface area contributed by atoms with Crippen molar-refractivity contribution in [1.82, 2.24) is 25.4 Å². The van der Waals surface area contributed by atoms with Gasteiger partial charge in [-0.3, -0.25) is 5.10 Å². The van der Waals surface area contributed by atoms with Gasteiger partial charge in [0.1, 0.15) is 0 Å². The Morgan fingerprint density at radius 2 is 2.32 bits per heavy atom. The molecule has 25 heavy (non-hydrogen) atoms. The van der Waals surface area contributed by atoms with E-state index in [2.05, 4.69) is 27.4 Å². The lowest BCUT2D eigenvalue weighted by molar-refractivity contribution is 0.151. The Bertz CT molecular complexity index is 657. The van der Waals surface area contributed by atoms with E-state index in [0.717, 1.165) is 43.4 Å². The second kappa shape index (κ2) is 8.50. The summed E-state index contributed by atoms with van der Waals surface area (Å²) >= 11 is 0. The van der Waals surface area contributed by atoms with Gasteiger partial charge in [0.2, 0.25) is 5.88 Å². The number of amides is 2. The molecule has 7 nitrogen and oxygen atoms in total. The van der Waals surface area contributed by atoms with Crippen LogP contribution in [0.3, 0.4) is 0 Å². The quantitative estimate of drug-likeness (QED) is 0.844. The van der Waals surface area contributed by atoms with E-state index in [0.29, 0.717) is 19.0 Å². The van der Waals surface area contributed by atoms with Crippen molar-refractivity contribution in [3.05, 3.63) is 41.9 Å². The van der Waals surface area contributed by atoms with Crippen LogP contribution in [0.2, 0.25) is 0 Å². The molecule has 0 aromatic carbocycles. The monoisotopic (exact) mass is 343 g/mol. The summed E-state index contributed by atoms with van der Waals surface area (Å²) < 4.78 is 5.47. The molecule has 1 saturated heterocycles. The third-order valence-electron chi connectivity index (χ3n) is 4.36. The van der Waals surface area contributed by atoms with E-state index >= 15 is 0 Å². The van der Waals surface area contributed by atoms with E-state index < -0.39 is 0 Å². The fourth-order valence-corrected chi connectivity index (χ4v) is 3.05. The number of H-pyrrole nitrogens is 1. The fraction of sp³-hybridized carbons (Fsp3) is 0.500. The number of pyridine rings is 1. The number of carbonyl (C=O) groups is 1. The van der Waals surface area contributed by atoms with Crippen LogP contribution in [0, 0.1) is 0 Å². The summed E-state index contributed by atoms with van der Waals surface area (Å²) in [7, 11) is 0. The minimum atomic E-state index is -0.0443. The number of piperidine rings is 1. The minimum Gasteiger partial charge on any atom is -0.478 e. The Kier molecular flexibility index (Phi) is 5.87. The van der Waals surface area contributed by atoms with E-state index in [1.54, 1.807) is 12.4 Å². The van der Waals surface area contributed by atoms with Crippen LogP contribution in [0.1, 0.15) is 49.8 Å². The van der Waals surface area contributed by atoms with E-state index in [4.69, 9.17) is 4.74 Å². The molecule has 7 heteroatoms. The van der Waals surface area contributed by atoms with Crippen LogP contribution in [0.5, 0.6) is 5.88 Å². The highest BCUT2D eigenvalue weighted by molar-refractivity contribution is 5.74. The number of aromatic amines is 1. The van der Waals surface area contributed by atoms with Crippen LogP contribution < -0.4 is 10.1 Å². The van der Waals surface area contributed by atoms with E-state index in [-0.39, 0.29) is 12.1 Å². The van der Waals surface area contributed by atoms with Crippen LogP contribution in [-0.4, -0.2) is 39.3 Å². The highest BCUT2D eigenvalue weighted by atomic mass is 16.5. The topological polar surface area (TPSA) is 83.1 Å². The number of urea groups is 1. The van der Waals surface area contributed by atoms with Crippen LogP contribution in [0.25, 0.3) is 0 Å². The highest BCUT2D eigenvalue weighted by Crippen LogP contribution is 2.30. The van der Waals surface area contributed by atoms with E-state index in [1.807, 2.05) is 23.2 Å². The van der Waals surface area contributed by atoms with Crippen molar-refractivity contribution in [1.29, 1.82) is 0 Å². The predicted octanol–water partition coefficient (Wildman–Crippen LogP) is 3.03. The first kappa shape index (κ1) is 17.3. The molecule has 0 spiro atoms. The molecule has 0 bridgehead atoms. The van der Waals surface area contributed by atoms with Gasteiger partial charge in [-0.2, -0.15) is 5.10 Å².